The standard InChI is InChI=1S/C15H20FNO/c1-18-13-3-2-11(10-12(13)16)14-4-7-15(17,8-5-14)9-6-14/h2-3,10H,4-9,17H2,1H3. The van der Waals surface area contributed by atoms with Gasteiger partial charge in [-0.2, -0.15) is 0 Å². The molecule has 4 rings (SSSR count). The molecule has 3 saturated carbocycles. The lowest BCUT2D eigenvalue weighted by Gasteiger charge is -2.52. The second-order valence-electron chi connectivity index (χ2n) is 5.99. The van der Waals surface area contributed by atoms with E-state index in [1.807, 2.05) is 6.07 Å². The number of halogens is 1. The average Bonchev–Trinajstić information content (AvgIpc) is 2.40. The Balaban J connectivity index is 1.93. The summed E-state index contributed by atoms with van der Waals surface area (Å²) in [5.74, 6) is 0.0782. The van der Waals surface area contributed by atoms with Crippen LogP contribution in [0.4, 0.5) is 4.39 Å². The molecule has 0 aliphatic heterocycles. The summed E-state index contributed by atoms with van der Waals surface area (Å²) in [6.07, 6.45) is 6.49. The maximum atomic E-state index is 13.9. The van der Waals surface area contributed by atoms with E-state index < -0.39 is 0 Å². The van der Waals surface area contributed by atoms with Crippen LogP contribution < -0.4 is 10.5 Å². The largest absolute Gasteiger partial charge is 0.494 e. The van der Waals surface area contributed by atoms with Gasteiger partial charge in [0, 0.05) is 5.54 Å². The number of methoxy groups -OCH3 is 1. The molecule has 1 aromatic rings. The Kier molecular flexibility index (Phi) is 2.63. The maximum Gasteiger partial charge on any atom is 0.165 e. The number of fused-ring (bicyclic) bond motifs is 3. The van der Waals surface area contributed by atoms with Crippen molar-refractivity contribution in [3.63, 3.8) is 0 Å². The Morgan fingerprint density at radius 2 is 1.72 bits per heavy atom. The van der Waals surface area contributed by atoms with Crippen molar-refractivity contribution >= 4 is 0 Å². The highest BCUT2D eigenvalue weighted by Gasteiger charge is 2.47. The van der Waals surface area contributed by atoms with Crippen LogP contribution in [0, 0.1) is 5.82 Å². The van der Waals surface area contributed by atoms with Gasteiger partial charge in [0.25, 0.3) is 0 Å². The van der Waals surface area contributed by atoms with Crippen molar-refractivity contribution in [3.05, 3.63) is 29.6 Å². The molecule has 2 N–H and O–H groups in total. The summed E-state index contributed by atoms with van der Waals surface area (Å²) in [6.45, 7) is 0. The highest BCUT2D eigenvalue weighted by atomic mass is 19.1. The normalized spacial score (nSPS) is 34.6. The predicted molar refractivity (Wildman–Crippen MR) is 69.3 cm³/mol. The third-order valence-electron chi connectivity index (χ3n) is 5.07. The van der Waals surface area contributed by atoms with E-state index in [9.17, 15) is 4.39 Å². The third-order valence-corrected chi connectivity index (χ3v) is 5.07. The molecule has 1 aromatic carbocycles. The molecule has 0 heterocycles. The molecular formula is C15H20FNO. The molecule has 0 atom stereocenters. The number of hydrogen-bond donors (Lipinski definition) is 1. The number of nitrogens with two attached hydrogens (primary N) is 1. The molecule has 0 spiro atoms. The molecule has 3 heteroatoms. The molecule has 0 aromatic heterocycles. The van der Waals surface area contributed by atoms with E-state index in [1.54, 1.807) is 12.1 Å². The molecule has 3 fully saturated rings. The van der Waals surface area contributed by atoms with Crippen molar-refractivity contribution in [1.29, 1.82) is 0 Å². The van der Waals surface area contributed by atoms with Crippen molar-refractivity contribution in [2.24, 2.45) is 5.73 Å². The molecular weight excluding hydrogens is 229 g/mol. The van der Waals surface area contributed by atoms with Gasteiger partial charge >= 0.3 is 0 Å². The zero-order valence-electron chi connectivity index (χ0n) is 10.8. The number of hydrogen-bond acceptors (Lipinski definition) is 2. The summed E-state index contributed by atoms with van der Waals surface area (Å²) in [4.78, 5) is 0. The van der Waals surface area contributed by atoms with E-state index in [0.29, 0.717) is 5.75 Å². The van der Waals surface area contributed by atoms with Crippen molar-refractivity contribution in [1.82, 2.24) is 0 Å². The van der Waals surface area contributed by atoms with Gasteiger partial charge < -0.3 is 10.5 Å². The molecule has 0 amide bonds. The third kappa shape index (κ3) is 1.72. The molecule has 98 valence electrons. The summed E-state index contributed by atoms with van der Waals surface area (Å²) < 4.78 is 18.8. The van der Waals surface area contributed by atoms with Gasteiger partial charge in [-0.15, -0.1) is 0 Å². The first-order valence-corrected chi connectivity index (χ1v) is 6.70. The van der Waals surface area contributed by atoms with Gasteiger partial charge in [0.15, 0.2) is 11.6 Å². The number of rotatable bonds is 2. The van der Waals surface area contributed by atoms with Crippen molar-refractivity contribution in [2.45, 2.75) is 49.5 Å². The summed E-state index contributed by atoms with van der Waals surface area (Å²) >= 11 is 0. The molecule has 0 saturated heterocycles. The Hall–Kier alpha value is -1.09. The molecule has 0 radical (unpaired) electrons. The van der Waals surface area contributed by atoms with E-state index >= 15 is 0 Å². The second-order valence-corrected chi connectivity index (χ2v) is 5.99. The fraction of sp³-hybridized carbons (Fsp3) is 0.600. The summed E-state index contributed by atoms with van der Waals surface area (Å²) in [7, 11) is 1.50. The van der Waals surface area contributed by atoms with Crippen LogP contribution in [-0.4, -0.2) is 12.6 Å². The Labute approximate surface area is 107 Å². The first kappa shape index (κ1) is 12.0. The van der Waals surface area contributed by atoms with Gasteiger partial charge in [-0.3, -0.25) is 0 Å². The van der Waals surface area contributed by atoms with Crippen molar-refractivity contribution in [3.8, 4) is 5.75 Å². The van der Waals surface area contributed by atoms with Gasteiger partial charge in [0.2, 0.25) is 0 Å². The summed E-state index contributed by atoms with van der Waals surface area (Å²) in [5, 5.41) is 0. The Morgan fingerprint density at radius 3 is 2.22 bits per heavy atom. The Bertz CT molecular complexity index is 447. The first-order chi connectivity index (χ1) is 8.57. The summed E-state index contributed by atoms with van der Waals surface area (Å²) in [6, 6.07) is 5.43. The monoisotopic (exact) mass is 249 g/mol. The van der Waals surface area contributed by atoms with Crippen LogP contribution in [0.15, 0.2) is 18.2 Å². The molecule has 18 heavy (non-hydrogen) atoms. The maximum absolute atomic E-state index is 13.9. The quantitative estimate of drug-likeness (QED) is 0.874. The average molecular weight is 249 g/mol. The van der Waals surface area contributed by atoms with Gasteiger partial charge in [-0.05, 0) is 61.6 Å². The highest BCUT2D eigenvalue weighted by molar-refractivity contribution is 5.35. The molecule has 3 aliphatic rings. The topological polar surface area (TPSA) is 35.2 Å². The lowest BCUT2D eigenvalue weighted by atomic mass is 9.55. The van der Waals surface area contributed by atoms with Crippen LogP contribution in [0.25, 0.3) is 0 Å². The van der Waals surface area contributed by atoms with Crippen LogP contribution >= 0.6 is 0 Å². The van der Waals surface area contributed by atoms with Crippen molar-refractivity contribution in [2.75, 3.05) is 7.11 Å². The summed E-state index contributed by atoms with van der Waals surface area (Å²) in [5.41, 5.74) is 7.67. The zero-order chi connectivity index (χ0) is 12.8. The fourth-order valence-corrected chi connectivity index (χ4v) is 3.64. The van der Waals surface area contributed by atoms with Gasteiger partial charge in [0.1, 0.15) is 0 Å². The molecule has 0 unspecified atom stereocenters. The predicted octanol–water partition coefficient (Wildman–Crippen LogP) is 3.14. The van der Waals surface area contributed by atoms with E-state index in [-0.39, 0.29) is 16.8 Å². The SMILES string of the molecule is COc1ccc(C23CCC(N)(CC2)CC3)cc1F. The number of ether oxygens (including phenoxy) is 1. The van der Waals surface area contributed by atoms with Crippen molar-refractivity contribution < 1.29 is 9.13 Å². The fourth-order valence-electron chi connectivity index (χ4n) is 3.64. The molecule has 2 bridgehead atoms. The second kappa shape index (κ2) is 3.95. The van der Waals surface area contributed by atoms with E-state index in [1.165, 1.54) is 7.11 Å². The minimum Gasteiger partial charge on any atom is -0.494 e. The van der Waals surface area contributed by atoms with Gasteiger partial charge in [0.05, 0.1) is 7.11 Å². The van der Waals surface area contributed by atoms with Gasteiger partial charge in [-0.25, -0.2) is 4.39 Å². The smallest absolute Gasteiger partial charge is 0.165 e. The minimum atomic E-state index is -0.250. The highest BCUT2D eigenvalue weighted by Crippen LogP contribution is 2.52. The molecule has 2 nitrogen and oxygen atoms in total. The van der Waals surface area contributed by atoms with Crippen LogP contribution in [-0.2, 0) is 5.41 Å². The first-order valence-electron chi connectivity index (χ1n) is 6.70. The van der Waals surface area contributed by atoms with E-state index in [0.717, 1.165) is 44.1 Å². The number of benzene rings is 1. The molecule has 3 aliphatic carbocycles. The Morgan fingerprint density at radius 1 is 1.11 bits per heavy atom. The van der Waals surface area contributed by atoms with E-state index in [2.05, 4.69) is 0 Å². The van der Waals surface area contributed by atoms with Crippen LogP contribution in [0.2, 0.25) is 0 Å². The van der Waals surface area contributed by atoms with Crippen LogP contribution in [0.3, 0.4) is 0 Å². The van der Waals surface area contributed by atoms with Crippen LogP contribution in [0.1, 0.15) is 44.1 Å². The minimum absolute atomic E-state index is 0.0623. The van der Waals surface area contributed by atoms with Crippen LogP contribution in [0.5, 0.6) is 5.75 Å². The lowest BCUT2D eigenvalue weighted by molar-refractivity contribution is 0.107. The zero-order valence-corrected chi connectivity index (χ0v) is 10.8. The van der Waals surface area contributed by atoms with Gasteiger partial charge in [-0.1, -0.05) is 6.07 Å². The van der Waals surface area contributed by atoms with E-state index in [4.69, 9.17) is 10.5 Å². The lowest BCUT2D eigenvalue weighted by Crippen LogP contribution is -2.53.